The molecule has 0 spiro atoms. The Morgan fingerprint density at radius 2 is 2.00 bits per heavy atom. The quantitative estimate of drug-likeness (QED) is 0.646. The minimum absolute atomic E-state index is 0.0655. The molecule has 0 radical (unpaired) electrons. The average Bonchev–Trinajstić information content (AvgIpc) is 2.50. The first kappa shape index (κ1) is 10.1. The highest BCUT2D eigenvalue weighted by atomic mass is 32.1. The van der Waals surface area contributed by atoms with Crippen LogP contribution in [0, 0.1) is 0 Å². The van der Waals surface area contributed by atoms with Gasteiger partial charge in [-0.25, -0.2) is 4.79 Å². The van der Waals surface area contributed by atoms with Gasteiger partial charge in [-0.15, -0.1) is 10.2 Å². The first-order valence-electron chi connectivity index (χ1n) is 3.87. The molecule has 4 nitrogen and oxygen atoms in total. The number of hydrogen-bond acceptors (Lipinski definition) is 5. The minimum atomic E-state index is -0.423. The number of esters is 1. The van der Waals surface area contributed by atoms with Crippen molar-refractivity contribution in [2.24, 2.45) is 0 Å². The summed E-state index contributed by atoms with van der Waals surface area (Å²) in [5.41, 5.74) is -0.0655. The highest BCUT2D eigenvalue weighted by Crippen LogP contribution is 2.25. The Morgan fingerprint density at radius 1 is 1.38 bits per heavy atom. The molecule has 0 saturated carbocycles. The van der Waals surface area contributed by atoms with Crippen LogP contribution >= 0.6 is 11.3 Å². The predicted molar refractivity (Wildman–Crippen MR) is 49.9 cm³/mol. The molecule has 5 heteroatoms. The van der Waals surface area contributed by atoms with Crippen LogP contribution in [-0.4, -0.2) is 23.3 Å². The average molecular weight is 200 g/mol. The summed E-state index contributed by atoms with van der Waals surface area (Å²) in [5.74, 6) is -0.423. The van der Waals surface area contributed by atoms with E-state index < -0.39 is 5.97 Å². The summed E-state index contributed by atoms with van der Waals surface area (Å²) in [4.78, 5) is 11.0. The maximum atomic E-state index is 11.0. The zero-order valence-electron chi connectivity index (χ0n) is 8.12. The van der Waals surface area contributed by atoms with E-state index >= 15 is 0 Å². The minimum Gasteiger partial charge on any atom is -0.464 e. The molecule has 0 fully saturated rings. The molecule has 0 bridgehead atoms. The van der Waals surface area contributed by atoms with Crippen LogP contribution in [0.3, 0.4) is 0 Å². The molecule has 1 aromatic rings. The number of nitrogens with zero attached hydrogens (tertiary/aromatic N) is 2. The number of carbonyl (C=O) groups excluding carboxylic acids is 1. The lowest BCUT2D eigenvalue weighted by molar-refractivity contribution is 0.0599. The Labute approximate surface area is 80.9 Å². The number of ether oxygens (including phenoxy) is 1. The van der Waals surface area contributed by atoms with Gasteiger partial charge < -0.3 is 4.74 Å². The van der Waals surface area contributed by atoms with Crippen molar-refractivity contribution >= 4 is 17.3 Å². The van der Waals surface area contributed by atoms with Crippen molar-refractivity contribution in [2.75, 3.05) is 7.11 Å². The zero-order valence-corrected chi connectivity index (χ0v) is 8.94. The molecule has 0 aliphatic heterocycles. The number of hydrogen-bond donors (Lipinski definition) is 0. The van der Waals surface area contributed by atoms with Gasteiger partial charge in [-0.05, 0) is 0 Å². The van der Waals surface area contributed by atoms with Gasteiger partial charge in [0.15, 0.2) is 0 Å². The Hall–Kier alpha value is -0.970. The SMILES string of the molecule is COC(=O)c1nnc(C(C)(C)C)s1. The lowest BCUT2D eigenvalue weighted by Gasteiger charge is -2.12. The molecule has 0 aromatic carbocycles. The van der Waals surface area contributed by atoms with Crippen molar-refractivity contribution in [3.63, 3.8) is 0 Å². The van der Waals surface area contributed by atoms with Crippen LogP contribution in [0.5, 0.6) is 0 Å². The Balaban J connectivity index is 2.93. The van der Waals surface area contributed by atoms with E-state index in [9.17, 15) is 4.79 Å². The Kier molecular flexibility index (Phi) is 2.66. The van der Waals surface area contributed by atoms with Crippen LogP contribution in [0.4, 0.5) is 0 Å². The summed E-state index contributed by atoms with van der Waals surface area (Å²) in [5, 5.41) is 8.82. The number of methoxy groups -OCH3 is 1. The van der Waals surface area contributed by atoms with E-state index in [1.165, 1.54) is 18.4 Å². The first-order valence-corrected chi connectivity index (χ1v) is 4.69. The van der Waals surface area contributed by atoms with Crippen LogP contribution in [0.1, 0.15) is 35.6 Å². The van der Waals surface area contributed by atoms with Gasteiger partial charge in [0, 0.05) is 5.41 Å². The van der Waals surface area contributed by atoms with Crippen LogP contribution in [0.25, 0.3) is 0 Å². The number of aromatic nitrogens is 2. The van der Waals surface area contributed by atoms with Gasteiger partial charge in [-0.3, -0.25) is 0 Å². The second kappa shape index (κ2) is 3.41. The smallest absolute Gasteiger partial charge is 0.369 e. The van der Waals surface area contributed by atoms with Crippen LogP contribution in [-0.2, 0) is 10.2 Å². The second-order valence-electron chi connectivity index (χ2n) is 3.65. The lowest BCUT2D eigenvalue weighted by atomic mass is 9.98. The molecule has 72 valence electrons. The third kappa shape index (κ3) is 2.24. The third-order valence-corrected chi connectivity index (χ3v) is 2.76. The fourth-order valence-electron chi connectivity index (χ4n) is 0.696. The topological polar surface area (TPSA) is 52.1 Å². The Bertz CT molecular complexity index is 314. The fourth-order valence-corrected chi connectivity index (χ4v) is 1.52. The first-order chi connectivity index (χ1) is 5.95. The van der Waals surface area contributed by atoms with Gasteiger partial charge in [0.25, 0.3) is 0 Å². The molecule has 0 unspecified atom stereocenters. The summed E-state index contributed by atoms with van der Waals surface area (Å²) >= 11 is 1.28. The number of carbonyl (C=O) groups is 1. The van der Waals surface area contributed by atoms with Gasteiger partial charge in [-0.1, -0.05) is 32.1 Å². The summed E-state index contributed by atoms with van der Waals surface area (Å²) < 4.78 is 4.53. The molecule has 1 rings (SSSR count). The van der Waals surface area contributed by atoms with E-state index in [2.05, 4.69) is 14.9 Å². The fraction of sp³-hybridized carbons (Fsp3) is 0.625. The molecule has 1 heterocycles. The van der Waals surface area contributed by atoms with Gasteiger partial charge in [-0.2, -0.15) is 0 Å². The van der Waals surface area contributed by atoms with E-state index in [4.69, 9.17) is 0 Å². The molecule has 0 atom stereocenters. The highest BCUT2D eigenvalue weighted by molar-refractivity contribution is 7.13. The normalized spacial score (nSPS) is 11.4. The third-order valence-electron chi connectivity index (χ3n) is 1.43. The van der Waals surface area contributed by atoms with Crippen LogP contribution in [0.15, 0.2) is 0 Å². The molecule has 0 saturated heterocycles. The maximum Gasteiger partial charge on any atom is 0.369 e. The van der Waals surface area contributed by atoms with E-state index in [0.29, 0.717) is 5.01 Å². The molecule has 1 aromatic heterocycles. The second-order valence-corrected chi connectivity index (χ2v) is 4.63. The predicted octanol–water partition coefficient (Wildman–Crippen LogP) is 1.62. The monoisotopic (exact) mass is 200 g/mol. The maximum absolute atomic E-state index is 11.0. The van der Waals surface area contributed by atoms with Crippen molar-refractivity contribution in [2.45, 2.75) is 26.2 Å². The van der Waals surface area contributed by atoms with E-state index in [1.54, 1.807) is 0 Å². The van der Waals surface area contributed by atoms with Gasteiger partial charge in [0.05, 0.1) is 7.11 Å². The molecule has 0 aliphatic carbocycles. The molecular weight excluding hydrogens is 188 g/mol. The molecule has 0 N–H and O–H groups in total. The summed E-state index contributed by atoms with van der Waals surface area (Å²) in [6.45, 7) is 6.07. The summed E-state index contributed by atoms with van der Waals surface area (Å²) in [6.07, 6.45) is 0. The van der Waals surface area contributed by atoms with Crippen LogP contribution in [0.2, 0.25) is 0 Å². The number of rotatable bonds is 1. The van der Waals surface area contributed by atoms with Crippen molar-refractivity contribution in [3.05, 3.63) is 10.0 Å². The molecule has 13 heavy (non-hydrogen) atoms. The van der Waals surface area contributed by atoms with Crippen molar-refractivity contribution in [1.29, 1.82) is 0 Å². The van der Waals surface area contributed by atoms with Gasteiger partial charge in [0.2, 0.25) is 5.01 Å². The van der Waals surface area contributed by atoms with E-state index in [1.807, 2.05) is 20.8 Å². The lowest BCUT2D eigenvalue weighted by Crippen LogP contribution is -2.10. The largest absolute Gasteiger partial charge is 0.464 e. The Morgan fingerprint density at radius 3 is 2.38 bits per heavy atom. The van der Waals surface area contributed by atoms with Crippen molar-refractivity contribution < 1.29 is 9.53 Å². The summed E-state index contributed by atoms with van der Waals surface area (Å²) in [6, 6.07) is 0. The standard InChI is InChI=1S/C8H12N2O2S/c1-8(2,3)7-10-9-5(13-7)6(11)12-4/h1-4H3. The van der Waals surface area contributed by atoms with Crippen molar-refractivity contribution in [3.8, 4) is 0 Å². The van der Waals surface area contributed by atoms with Crippen molar-refractivity contribution in [1.82, 2.24) is 10.2 Å². The molecule has 0 amide bonds. The van der Waals surface area contributed by atoms with Crippen LogP contribution < -0.4 is 0 Å². The van der Waals surface area contributed by atoms with E-state index in [-0.39, 0.29) is 5.41 Å². The van der Waals surface area contributed by atoms with Gasteiger partial charge in [0.1, 0.15) is 5.01 Å². The summed E-state index contributed by atoms with van der Waals surface area (Å²) in [7, 11) is 1.33. The highest BCUT2D eigenvalue weighted by Gasteiger charge is 2.21. The molecular formula is C8H12N2O2S. The van der Waals surface area contributed by atoms with E-state index in [0.717, 1.165) is 5.01 Å². The van der Waals surface area contributed by atoms with Gasteiger partial charge >= 0.3 is 5.97 Å². The zero-order chi connectivity index (χ0) is 10.1. The molecule has 0 aliphatic rings.